The molecule has 2 rings (SSSR count). The number of alkyl halides is 1. The number of amides is 1. The lowest BCUT2D eigenvalue weighted by Crippen LogP contribution is -2.36. The standard InChI is InChI=1S/C12H15ClN2O/c13-6-1-7-15-11-4-3-10(14)8-9(11)2-5-12(15)16/h3-4,8H,1-2,5-7,14H2. The van der Waals surface area contributed by atoms with E-state index in [9.17, 15) is 4.79 Å². The summed E-state index contributed by atoms with van der Waals surface area (Å²) in [6.07, 6.45) is 2.17. The second kappa shape index (κ2) is 4.74. The molecule has 0 saturated carbocycles. The average molecular weight is 239 g/mol. The fourth-order valence-corrected chi connectivity index (χ4v) is 2.16. The van der Waals surface area contributed by atoms with Gasteiger partial charge in [0.1, 0.15) is 0 Å². The van der Waals surface area contributed by atoms with Crippen LogP contribution in [0.1, 0.15) is 18.4 Å². The number of nitrogen functional groups attached to an aromatic ring is 1. The number of hydrogen-bond donors (Lipinski definition) is 1. The van der Waals surface area contributed by atoms with Gasteiger partial charge in [0.05, 0.1) is 0 Å². The Morgan fingerprint density at radius 1 is 1.38 bits per heavy atom. The van der Waals surface area contributed by atoms with Gasteiger partial charge in [0.25, 0.3) is 0 Å². The molecule has 0 bridgehead atoms. The number of halogens is 1. The third-order valence-electron chi connectivity index (χ3n) is 2.82. The molecule has 3 nitrogen and oxygen atoms in total. The van der Waals surface area contributed by atoms with Crippen molar-refractivity contribution in [2.75, 3.05) is 23.1 Å². The minimum atomic E-state index is 0.183. The zero-order valence-corrected chi connectivity index (χ0v) is 9.83. The van der Waals surface area contributed by atoms with Gasteiger partial charge < -0.3 is 10.6 Å². The molecule has 1 amide bonds. The molecule has 0 saturated heterocycles. The molecule has 0 aliphatic carbocycles. The van der Waals surface area contributed by atoms with E-state index in [1.807, 2.05) is 23.1 Å². The van der Waals surface area contributed by atoms with Crippen LogP contribution in [0, 0.1) is 0 Å². The van der Waals surface area contributed by atoms with Crippen LogP contribution in [0.15, 0.2) is 18.2 Å². The van der Waals surface area contributed by atoms with Gasteiger partial charge in [-0.15, -0.1) is 11.6 Å². The van der Waals surface area contributed by atoms with Gasteiger partial charge in [-0.2, -0.15) is 0 Å². The molecular weight excluding hydrogens is 224 g/mol. The highest BCUT2D eigenvalue weighted by molar-refractivity contribution is 6.17. The van der Waals surface area contributed by atoms with Gasteiger partial charge in [0.15, 0.2) is 0 Å². The summed E-state index contributed by atoms with van der Waals surface area (Å²) in [5.74, 6) is 0.760. The van der Waals surface area contributed by atoms with E-state index in [1.165, 1.54) is 0 Å². The maximum Gasteiger partial charge on any atom is 0.227 e. The SMILES string of the molecule is Nc1ccc2c(c1)CCC(=O)N2CCCCl. The summed E-state index contributed by atoms with van der Waals surface area (Å²) in [6, 6.07) is 5.72. The van der Waals surface area contributed by atoms with E-state index in [0.717, 1.165) is 29.8 Å². The van der Waals surface area contributed by atoms with Crippen LogP contribution in [0.5, 0.6) is 0 Å². The Hall–Kier alpha value is -1.22. The highest BCUT2D eigenvalue weighted by Crippen LogP contribution is 2.29. The molecular formula is C12H15ClN2O. The zero-order valence-electron chi connectivity index (χ0n) is 9.08. The Balaban J connectivity index is 2.29. The van der Waals surface area contributed by atoms with Crippen molar-refractivity contribution in [3.8, 4) is 0 Å². The average Bonchev–Trinajstić information content (AvgIpc) is 2.28. The molecule has 86 valence electrons. The highest BCUT2D eigenvalue weighted by Gasteiger charge is 2.23. The molecule has 0 atom stereocenters. The number of carbonyl (C=O) groups is 1. The van der Waals surface area contributed by atoms with Gasteiger partial charge in [-0.05, 0) is 36.6 Å². The molecule has 1 aromatic carbocycles. The van der Waals surface area contributed by atoms with E-state index in [-0.39, 0.29) is 5.91 Å². The number of aryl methyl sites for hydroxylation is 1. The summed E-state index contributed by atoms with van der Waals surface area (Å²) in [4.78, 5) is 13.6. The number of benzene rings is 1. The molecule has 1 aliphatic heterocycles. The summed E-state index contributed by atoms with van der Waals surface area (Å²) in [5.41, 5.74) is 8.65. The number of fused-ring (bicyclic) bond motifs is 1. The van der Waals surface area contributed by atoms with Crippen molar-refractivity contribution in [2.24, 2.45) is 0 Å². The minimum absolute atomic E-state index is 0.183. The molecule has 0 spiro atoms. The molecule has 1 aliphatic rings. The lowest BCUT2D eigenvalue weighted by molar-refractivity contribution is -0.118. The Kier molecular flexibility index (Phi) is 3.34. The van der Waals surface area contributed by atoms with Crippen molar-refractivity contribution in [1.29, 1.82) is 0 Å². The smallest absolute Gasteiger partial charge is 0.227 e. The van der Waals surface area contributed by atoms with Gasteiger partial charge in [-0.25, -0.2) is 0 Å². The van der Waals surface area contributed by atoms with Crippen LogP contribution in [0.3, 0.4) is 0 Å². The van der Waals surface area contributed by atoms with E-state index in [4.69, 9.17) is 17.3 Å². The number of rotatable bonds is 3. The lowest BCUT2D eigenvalue weighted by atomic mass is 10.0. The van der Waals surface area contributed by atoms with Crippen LogP contribution in [0.25, 0.3) is 0 Å². The van der Waals surface area contributed by atoms with E-state index >= 15 is 0 Å². The predicted octanol–water partition coefficient (Wildman–Crippen LogP) is 2.18. The van der Waals surface area contributed by atoms with Crippen LogP contribution in [0.2, 0.25) is 0 Å². The normalized spacial score (nSPS) is 15.1. The molecule has 2 N–H and O–H groups in total. The summed E-state index contributed by atoms with van der Waals surface area (Å²) in [6.45, 7) is 0.694. The van der Waals surface area contributed by atoms with Crippen LogP contribution < -0.4 is 10.6 Å². The number of nitrogens with two attached hydrogens (primary N) is 1. The number of carbonyl (C=O) groups excluding carboxylic acids is 1. The zero-order chi connectivity index (χ0) is 11.5. The Bertz CT molecular complexity index is 406. The first-order valence-electron chi connectivity index (χ1n) is 5.47. The second-order valence-electron chi connectivity index (χ2n) is 3.98. The third-order valence-corrected chi connectivity index (χ3v) is 3.09. The van der Waals surface area contributed by atoms with Crippen LogP contribution in [-0.2, 0) is 11.2 Å². The highest BCUT2D eigenvalue weighted by atomic mass is 35.5. The first kappa shape index (κ1) is 11.3. The van der Waals surface area contributed by atoms with E-state index in [2.05, 4.69) is 0 Å². The first-order valence-corrected chi connectivity index (χ1v) is 6.00. The summed E-state index contributed by atoms with van der Waals surface area (Å²) < 4.78 is 0. The van der Waals surface area contributed by atoms with Crippen LogP contribution in [0.4, 0.5) is 11.4 Å². The Labute approximate surface area is 100 Å². The molecule has 0 aromatic heterocycles. The van der Waals surface area contributed by atoms with Crippen molar-refractivity contribution in [3.63, 3.8) is 0 Å². The third kappa shape index (κ3) is 2.14. The fourth-order valence-electron chi connectivity index (χ4n) is 2.04. The molecule has 0 radical (unpaired) electrons. The fraction of sp³-hybridized carbons (Fsp3) is 0.417. The first-order chi connectivity index (χ1) is 7.72. The Morgan fingerprint density at radius 2 is 2.19 bits per heavy atom. The van der Waals surface area contributed by atoms with Gasteiger partial charge in [-0.3, -0.25) is 4.79 Å². The summed E-state index contributed by atoms with van der Waals surface area (Å²) in [7, 11) is 0. The van der Waals surface area contributed by atoms with E-state index < -0.39 is 0 Å². The number of anilines is 2. The number of nitrogens with zero attached hydrogens (tertiary/aromatic N) is 1. The van der Waals surface area contributed by atoms with Crippen molar-refractivity contribution < 1.29 is 4.79 Å². The predicted molar refractivity (Wildman–Crippen MR) is 66.9 cm³/mol. The van der Waals surface area contributed by atoms with Crippen molar-refractivity contribution >= 4 is 28.9 Å². The second-order valence-corrected chi connectivity index (χ2v) is 4.35. The van der Waals surface area contributed by atoms with Crippen molar-refractivity contribution in [1.82, 2.24) is 0 Å². The van der Waals surface area contributed by atoms with Gasteiger partial charge >= 0.3 is 0 Å². The largest absolute Gasteiger partial charge is 0.399 e. The summed E-state index contributed by atoms with van der Waals surface area (Å²) in [5, 5.41) is 0. The van der Waals surface area contributed by atoms with E-state index in [1.54, 1.807) is 0 Å². The monoisotopic (exact) mass is 238 g/mol. The minimum Gasteiger partial charge on any atom is -0.399 e. The van der Waals surface area contributed by atoms with Gasteiger partial charge in [-0.1, -0.05) is 0 Å². The number of hydrogen-bond acceptors (Lipinski definition) is 2. The van der Waals surface area contributed by atoms with Crippen molar-refractivity contribution in [3.05, 3.63) is 23.8 Å². The topological polar surface area (TPSA) is 46.3 Å². The lowest BCUT2D eigenvalue weighted by Gasteiger charge is -2.29. The quantitative estimate of drug-likeness (QED) is 0.648. The maximum absolute atomic E-state index is 11.8. The van der Waals surface area contributed by atoms with E-state index in [0.29, 0.717) is 18.8 Å². The van der Waals surface area contributed by atoms with Crippen LogP contribution in [-0.4, -0.2) is 18.3 Å². The molecule has 1 aromatic rings. The maximum atomic E-state index is 11.8. The van der Waals surface area contributed by atoms with Gasteiger partial charge in [0, 0.05) is 30.2 Å². The summed E-state index contributed by atoms with van der Waals surface area (Å²) >= 11 is 5.66. The van der Waals surface area contributed by atoms with Crippen LogP contribution >= 0.6 is 11.6 Å². The molecule has 0 unspecified atom stereocenters. The molecule has 16 heavy (non-hydrogen) atoms. The Morgan fingerprint density at radius 3 is 2.94 bits per heavy atom. The molecule has 1 heterocycles. The molecule has 0 fully saturated rings. The molecule has 4 heteroatoms. The van der Waals surface area contributed by atoms with Crippen molar-refractivity contribution in [2.45, 2.75) is 19.3 Å². The van der Waals surface area contributed by atoms with Gasteiger partial charge in [0.2, 0.25) is 5.91 Å².